The van der Waals surface area contributed by atoms with Gasteiger partial charge < -0.3 is 4.74 Å². The highest BCUT2D eigenvalue weighted by Gasteiger charge is 2.27. The Labute approximate surface area is 115 Å². The standard InChI is InChI=1S/C14H26N2O3/c1-4-16(5-2)12-7-8-15(10-12)11-13(17)9-14(18)19-6-3/h12H,4-11H2,1-3H3. The molecule has 19 heavy (non-hydrogen) atoms. The first-order chi connectivity index (χ1) is 9.10. The summed E-state index contributed by atoms with van der Waals surface area (Å²) in [6.07, 6.45) is 1.01. The van der Waals surface area contributed by atoms with E-state index in [1.165, 1.54) is 0 Å². The summed E-state index contributed by atoms with van der Waals surface area (Å²) in [5.74, 6) is -0.453. The van der Waals surface area contributed by atoms with E-state index in [-0.39, 0.29) is 12.2 Å². The maximum atomic E-state index is 11.7. The largest absolute Gasteiger partial charge is 0.466 e. The van der Waals surface area contributed by atoms with Crippen LogP contribution in [-0.4, -0.2) is 66.9 Å². The molecule has 1 atom stereocenters. The van der Waals surface area contributed by atoms with Crippen molar-refractivity contribution in [3.63, 3.8) is 0 Å². The summed E-state index contributed by atoms with van der Waals surface area (Å²) in [4.78, 5) is 27.5. The van der Waals surface area contributed by atoms with Crippen LogP contribution in [0.4, 0.5) is 0 Å². The maximum Gasteiger partial charge on any atom is 0.313 e. The number of ketones is 1. The van der Waals surface area contributed by atoms with E-state index >= 15 is 0 Å². The molecule has 0 aromatic carbocycles. The third kappa shape index (κ3) is 5.28. The molecule has 1 saturated heterocycles. The molecule has 110 valence electrons. The quantitative estimate of drug-likeness (QED) is 0.485. The molecular weight excluding hydrogens is 244 g/mol. The van der Waals surface area contributed by atoms with E-state index < -0.39 is 5.97 Å². The topological polar surface area (TPSA) is 49.9 Å². The van der Waals surface area contributed by atoms with Crippen LogP contribution >= 0.6 is 0 Å². The fraction of sp³-hybridized carbons (Fsp3) is 0.857. The SMILES string of the molecule is CCOC(=O)CC(=O)CN1CCC(N(CC)CC)C1. The number of nitrogens with zero attached hydrogens (tertiary/aromatic N) is 2. The highest BCUT2D eigenvalue weighted by atomic mass is 16.5. The Balaban J connectivity index is 2.31. The van der Waals surface area contributed by atoms with Crippen LogP contribution in [0.5, 0.6) is 0 Å². The van der Waals surface area contributed by atoms with E-state index in [1.54, 1.807) is 6.92 Å². The number of rotatable bonds is 8. The van der Waals surface area contributed by atoms with Crippen LogP contribution in [0.1, 0.15) is 33.6 Å². The highest BCUT2D eigenvalue weighted by Crippen LogP contribution is 2.15. The molecule has 0 aliphatic carbocycles. The Morgan fingerprint density at radius 2 is 1.95 bits per heavy atom. The second kappa shape index (κ2) is 8.27. The molecule has 0 bridgehead atoms. The molecule has 0 amide bonds. The van der Waals surface area contributed by atoms with Gasteiger partial charge in [0.05, 0.1) is 13.2 Å². The van der Waals surface area contributed by atoms with E-state index in [1.807, 2.05) is 0 Å². The Hall–Kier alpha value is -0.940. The minimum absolute atomic E-state index is 0.0429. The smallest absolute Gasteiger partial charge is 0.313 e. The highest BCUT2D eigenvalue weighted by molar-refractivity contribution is 5.96. The fourth-order valence-electron chi connectivity index (χ4n) is 2.67. The van der Waals surface area contributed by atoms with Crippen LogP contribution in [0.3, 0.4) is 0 Å². The molecule has 5 heteroatoms. The molecular formula is C14H26N2O3. The molecule has 1 aliphatic heterocycles. The van der Waals surface area contributed by atoms with Crippen LogP contribution < -0.4 is 0 Å². The van der Waals surface area contributed by atoms with E-state index in [2.05, 4.69) is 23.6 Å². The van der Waals surface area contributed by atoms with Crippen LogP contribution in [0, 0.1) is 0 Å². The zero-order valence-corrected chi connectivity index (χ0v) is 12.4. The molecule has 1 heterocycles. The van der Waals surface area contributed by atoms with E-state index in [0.717, 1.165) is 32.6 Å². The van der Waals surface area contributed by atoms with Crippen LogP contribution in [0.15, 0.2) is 0 Å². The van der Waals surface area contributed by atoms with Crippen molar-refractivity contribution in [3.05, 3.63) is 0 Å². The molecule has 1 rings (SSSR count). The van der Waals surface area contributed by atoms with Crippen molar-refractivity contribution in [1.82, 2.24) is 9.80 Å². The molecule has 0 N–H and O–H groups in total. The van der Waals surface area contributed by atoms with Gasteiger partial charge in [-0.2, -0.15) is 0 Å². The number of hydrogen-bond donors (Lipinski definition) is 0. The first-order valence-electron chi connectivity index (χ1n) is 7.24. The van der Waals surface area contributed by atoms with Gasteiger partial charge in [-0.15, -0.1) is 0 Å². The van der Waals surface area contributed by atoms with Gasteiger partial charge in [-0.3, -0.25) is 19.4 Å². The summed E-state index contributed by atoms with van der Waals surface area (Å²) in [5.41, 5.74) is 0. The van der Waals surface area contributed by atoms with Gasteiger partial charge in [-0.25, -0.2) is 0 Å². The zero-order valence-electron chi connectivity index (χ0n) is 12.4. The average Bonchev–Trinajstić information content (AvgIpc) is 2.79. The van der Waals surface area contributed by atoms with Crippen molar-refractivity contribution in [2.75, 3.05) is 39.3 Å². The molecule has 0 spiro atoms. The van der Waals surface area contributed by atoms with Gasteiger partial charge in [0.25, 0.3) is 0 Å². The molecule has 1 fully saturated rings. The Morgan fingerprint density at radius 1 is 1.26 bits per heavy atom. The third-order valence-corrected chi connectivity index (χ3v) is 3.62. The molecule has 0 radical (unpaired) electrons. The van der Waals surface area contributed by atoms with Crippen molar-refractivity contribution in [2.24, 2.45) is 0 Å². The van der Waals surface area contributed by atoms with Gasteiger partial charge in [0.1, 0.15) is 6.42 Å². The number of Topliss-reactive ketones (excluding diaryl/α,β-unsaturated/α-hetero) is 1. The summed E-state index contributed by atoms with van der Waals surface area (Å²) >= 11 is 0. The van der Waals surface area contributed by atoms with E-state index in [0.29, 0.717) is 19.2 Å². The van der Waals surface area contributed by atoms with Gasteiger partial charge >= 0.3 is 5.97 Å². The minimum Gasteiger partial charge on any atom is -0.466 e. The third-order valence-electron chi connectivity index (χ3n) is 3.62. The minimum atomic E-state index is -0.410. The van der Waals surface area contributed by atoms with Crippen LogP contribution in [0.25, 0.3) is 0 Å². The van der Waals surface area contributed by atoms with Gasteiger partial charge in [0.15, 0.2) is 5.78 Å². The van der Waals surface area contributed by atoms with Crippen LogP contribution in [-0.2, 0) is 14.3 Å². The van der Waals surface area contributed by atoms with Crippen molar-refractivity contribution < 1.29 is 14.3 Å². The first kappa shape index (κ1) is 16.1. The molecule has 0 saturated carbocycles. The normalized spacial score (nSPS) is 19.9. The van der Waals surface area contributed by atoms with E-state index in [4.69, 9.17) is 4.74 Å². The number of likely N-dealkylation sites (N-methyl/N-ethyl adjacent to an activating group) is 1. The lowest BCUT2D eigenvalue weighted by Crippen LogP contribution is -2.38. The predicted octanol–water partition coefficient (Wildman–Crippen LogP) is 0.925. The fourth-order valence-corrected chi connectivity index (χ4v) is 2.67. The second-order valence-electron chi connectivity index (χ2n) is 4.92. The zero-order chi connectivity index (χ0) is 14.3. The summed E-state index contributed by atoms with van der Waals surface area (Å²) in [7, 11) is 0. The lowest BCUT2D eigenvalue weighted by atomic mass is 10.2. The van der Waals surface area contributed by atoms with Crippen molar-refractivity contribution in [2.45, 2.75) is 39.7 Å². The Kier molecular flexibility index (Phi) is 7.02. The summed E-state index contributed by atoms with van der Waals surface area (Å²) < 4.78 is 4.78. The average molecular weight is 270 g/mol. The van der Waals surface area contributed by atoms with E-state index in [9.17, 15) is 9.59 Å². The summed E-state index contributed by atoms with van der Waals surface area (Å²) in [6, 6.07) is 0.547. The number of hydrogen-bond acceptors (Lipinski definition) is 5. The number of esters is 1. The molecule has 5 nitrogen and oxygen atoms in total. The second-order valence-corrected chi connectivity index (χ2v) is 4.92. The van der Waals surface area contributed by atoms with Crippen LogP contribution in [0.2, 0.25) is 0 Å². The first-order valence-corrected chi connectivity index (χ1v) is 7.24. The van der Waals surface area contributed by atoms with Gasteiger partial charge in [0.2, 0.25) is 0 Å². The van der Waals surface area contributed by atoms with Gasteiger partial charge in [-0.1, -0.05) is 13.8 Å². The number of likely N-dealkylation sites (tertiary alicyclic amines) is 1. The molecule has 0 aromatic heterocycles. The predicted molar refractivity (Wildman–Crippen MR) is 74.0 cm³/mol. The van der Waals surface area contributed by atoms with Crippen molar-refractivity contribution in [1.29, 1.82) is 0 Å². The van der Waals surface area contributed by atoms with Gasteiger partial charge in [0, 0.05) is 19.1 Å². The summed E-state index contributed by atoms with van der Waals surface area (Å²) in [5, 5.41) is 0. The molecule has 0 aromatic rings. The lowest BCUT2D eigenvalue weighted by Gasteiger charge is -2.26. The Bertz CT molecular complexity index is 303. The summed E-state index contributed by atoms with van der Waals surface area (Å²) in [6.45, 7) is 10.7. The molecule has 1 unspecified atom stereocenters. The number of carbonyl (C=O) groups is 2. The Morgan fingerprint density at radius 3 is 2.53 bits per heavy atom. The van der Waals surface area contributed by atoms with Crippen molar-refractivity contribution in [3.8, 4) is 0 Å². The monoisotopic (exact) mass is 270 g/mol. The molecule has 1 aliphatic rings. The van der Waals surface area contributed by atoms with Gasteiger partial charge in [-0.05, 0) is 26.4 Å². The number of ether oxygens (including phenoxy) is 1. The lowest BCUT2D eigenvalue weighted by molar-refractivity contribution is -0.145. The number of carbonyl (C=O) groups excluding carboxylic acids is 2. The maximum absolute atomic E-state index is 11.7. The van der Waals surface area contributed by atoms with Crippen molar-refractivity contribution >= 4 is 11.8 Å².